The Morgan fingerprint density at radius 3 is 2.26 bits per heavy atom. The second-order valence-corrected chi connectivity index (χ2v) is 12.0. The second-order valence-electron chi connectivity index (χ2n) is 7.20. The number of pyridine rings is 1. The van der Waals surface area contributed by atoms with E-state index in [-0.39, 0.29) is 0 Å². The van der Waals surface area contributed by atoms with Crippen LogP contribution in [0.1, 0.15) is 45.4 Å². The summed E-state index contributed by atoms with van der Waals surface area (Å²) in [4.78, 5) is 4.73. The SMILES string of the molecule is CCCCCCCC[Si](C)(C)c1cc(-c2ccccc2)ccn1. The lowest BCUT2D eigenvalue weighted by Gasteiger charge is -2.22. The van der Waals surface area contributed by atoms with E-state index >= 15 is 0 Å². The van der Waals surface area contributed by atoms with Gasteiger partial charge in [0.05, 0.1) is 0 Å². The first kappa shape index (κ1) is 17.9. The van der Waals surface area contributed by atoms with E-state index in [0.717, 1.165) is 0 Å². The van der Waals surface area contributed by atoms with Gasteiger partial charge in [-0.3, -0.25) is 4.98 Å². The Morgan fingerprint density at radius 1 is 0.826 bits per heavy atom. The van der Waals surface area contributed by atoms with Crippen molar-refractivity contribution in [3.63, 3.8) is 0 Å². The maximum Gasteiger partial charge on any atom is 0.104 e. The zero-order valence-corrected chi connectivity index (χ0v) is 16.0. The van der Waals surface area contributed by atoms with Gasteiger partial charge < -0.3 is 0 Å². The van der Waals surface area contributed by atoms with Gasteiger partial charge in [-0.25, -0.2) is 0 Å². The van der Waals surface area contributed by atoms with E-state index in [1.807, 2.05) is 6.20 Å². The van der Waals surface area contributed by atoms with Crippen molar-refractivity contribution >= 4 is 13.4 Å². The first-order valence-corrected chi connectivity index (χ1v) is 12.4. The molecule has 2 heteroatoms. The molecule has 0 N–H and O–H groups in total. The predicted octanol–water partition coefficient (Wildman–Crippen LogP) is 6.02. The number of hydrogen-bond donors (Lipinski definition) is 0. The monoisotopic (exact) mass is 325 g/mol. The molecule has 0 unspecified atom stereocenters. The predicted molar refractivity (Wildman–Crippen MR) is 105 cm³/mol. The summed E-state index contributed by atoms with van der Waals surface area (Å²) >= 11 is 0. The van der Waals surface area contributed by atoms with Gasteiger partial charge in [0.2, 0.25) is 0 Å². The van der Waals surface area contributed by atoms with E-state index in [2.05, 4.69) is 62.5 Å². The molecule has 1 nitrogen and oxygen atoms in total. The lowest BCUT2D eigenvalue weighted by Crippen LogP contribution is -2.43. The van der Waals surface area contributed by atoms with Crippen LogP contribution in [0.25, 0.3) is 11.1 Å². The average molecular weight is 326 g/mol. The quantitative estimate of drug-likeness (QED) is 0.405. The van der Waals surface area contributed by atoms with Crippen molar-refractivity contribution < 1.29 is 0 Å². The van der Waals surface area contributed by atoms with Gasteiger partial charge in [0.1, 0.15) is 8.07 Å². The average Bonchev–Trinajstić information content (AvgIpc) is 2.59. The molecular formula is C21H31NSi. The van der Waals surface area contributed by atoms with Gasteiger partial charge >= 0.3 is 0 Å². The molecule has 0 bridgehead atoms. The van der Waals surface area contributed by atoms with E-state index < -0.39 is 8.07 Å². The molecule has 0 aliphatic heterocycles. The van der Waals surface area contributed by atoms with Crippen molar-refractivity contribution in [2.45, 2.75) is 64.6 Å². The third-order valence-electron chi connectivity index (χ3n) is 4.72. The third kappa shape index (κ3) is 5.62. The summed E-state index contributed by atoms with van der Waals surface area (Å²) in [6, 6.07) is 16.5. The molecule has 124 valence electrons. The Labute approximate surface area is 143 Å². The minimum absolute atomic E-state index is 1.29. The van der Waals surface area contributed by atoms with Crippen molar-refractivity contribution in [2.24, 2.45) is 0 Å². The van der Waals surface area contributed by atoms with Crippen LogP contribution >= 0.6 is 0 Å². The molecule has 0 fully saturated rings. The maximum atomic E-state index is 4.73. The number of unbranched alkanes of at least 4 members (excludes halogenated alkanes) is 5. The standard InChI is InChI=1S/C21H31NSi/c1-4-5-6-7-8-12-17-23(2,3)21-18-20(15-16-22-21)19-13-10-9-11-14-19/h9-11,13-16,18H,4-8,12,17H2,1-3H3. The largest absolute Gasteiger partial charge is 0.266 e. The molecule has 23 heavy (non-hydrogen) atoms. The normalized spacial score (nSPS) is 11.6. The van der Waals surface area contributed by atoms with Gasteiger partial charge in [-0.1, -0.05) is 94.9 Å². The van der Waals surface area contributed by atoms with Crippen LogP contribution < -0.4 is 5.32 Å². The van der Waals surface area contributed by atoms with E-state index in [1.54, 1.807) is 0 Å². The van der Waals surface area contributed by atoms with Crippen LogP contribution in [0.4, 0.5) is 0 Å². The van der Waals surface area contributed by atoms with Gasteiger partial charge in [-0.2, -0.15) is 0 Å². The molecule has 0 amide bonds. The van der Waals surface area contributed by atoms with Gasteiger partial charge in [0.25, 0.3) is 0 Å². The summed E-state index contributed by atoms with van der Waals surface area (Å²) in [7, 11) is -1.42. The minimum atomic E-state index is -1.42. The van der Waals surface area contributed by atoms with E-state index in [4.69, 9.17) is 4.98 Å². The van der Waals surface area contributed by atoms with Crippen LogP contribution in [0.15, 0.2) is 48.7 Å². The number of rotatable bonds is 9. The summed E-state index contributed by atoms with van der Waals surface area (Å²) in [5.74, 6) is 0. The number of hydrogen-bond acceptors (Lipinski definition) is 1. The van der Waals surface area contributed by atoms with Crippen LogP contribution in [-0.4, -0.2) is 13.1 Å². The van der Waals surface area contributed by atoms with Crippen LogP contribution in [0.3, 0.4) is 0 Å². The Hall–Kier alpha value is -1.41. The van der Waals surface area contributed by atoms with Crippen LogP contribution in [0, 0.1) is 0 Å². The zero-order chi connectivity index (χ0) is 16.5. The minimum Gasteiger partial charge on any atom is -0.266 e. The molecule has 0 aliphatic carbocycles. The second kappa shape index (κ2) is 9.02. The fraction of sp³-hybridized carbons (Fsp3) is 0.476. The van der Waals surface area contributed by atoms with Crippen molar-refractivity contribution in [1.29, 1.82) is 0 Å². The fourth-order valence-corrected chi connectivity index (χ4v) is 5.45. The van der Waals surface area contributed by atoms with Gasteiger partial charge in [0, 0.05) is 11.5 Å². The van der Waals surface area contributed by atoms with E-state index in [9.17, 15) is 0 Å². The fourth-order valence-electron chi connectivity index (χ4n) is 3.09. The van der Waals surface area contributed by atoms with E-state index in [0.29, 0.717) is 0 Å². The highest BCUT2D eigenvalue weighted by molar-refractivity contribution is 6.89. The van der Waals surface area contributed by atoms with Crippen molar-refractivity contribution in [1.82, 2.24) is 4.98 Å². The molecule has 0 aliphatic rings. The number of benzene rings is 1. The molecule has 1 aromatic heterocycles. The molecule has 1 heterocycles. The van der Waals surface area contributed by atoms with Crippen LogP contribution in [0.2, 0.25) is 19.1 Å². The molecular weight excluding hydrogens is 294 g/mol. The summed E-state index contributed by atoms with van der Waals surface area (Å²) in [6.07, 6.45) is 10.3. The highest BCUT2D eigenvalue weighted by Gasteiger charge is 2.24. The van der Waals surface area contributed by atoms with Gasteiger partial charge in [0.15, 0.2) is 0 Å². The third-order valence-corrected chi connectivity index (χ3v) is 7.98. The smallest absolute Gasteiger partial charge is 0.104 e. The highest BCUT2D eigenvalue weighted by Crippen LogP contribution is 2.20. The summed E-state index contributed by atoms with van der Waals surface area (Å²) < 4.78 is 0. The molecule has 0 atom stereocenters. The van der Waals surface area contributed by atoms with E-state index in [1.165, 1.54) is 61.0 Å². The van der Waals surface area contributed by atoms with Crippen molar-refractivity contribution in [3.8, 4) is 11.1 Å². The lowest BCUT2D eigenvalue weighted by atomic mass is 10.1. The van der Waals surface area contributed by atoms with Gasteiger partial charge in [-0.15, -0.1) is 0 Å². The Bertz CT molecular complexity index is 577. The Balaban J connectivity index is 1.97. The molecule has 0 spiro atoms. The lowest BCUT2D eigenvalue weighted by molar-refractivity contribution is 0.622. The molecule has 0 saturated carbocycles. The Morgan fingerprint density at radius 2 is 1.52 bits per heavy atom. The number of nitrogens with zero attached hydrogens (tertiary/aromatic N) is 1. The number of aromatic nitrogens is 1. The Kier molecular flexibility index (Phi) is 7.03. The molecule has 2 aromatic rings. The molecule has 0 saturated heterocycles. The van der Waals surface area contributed by atoms with Crippen LogP contribution in [0.5, 0.6) is 0 Å². The van der Waals surface area contributed by atoms with Crippen molar-refractivity contribution in [2.75, 3.05) is 0 Å². The van der Waals surface area contributed by atoms with Crippen LogP contribution in [-0.2, 0) is 0 Å². The van der Waals surface area contributed by atoms with Gasteiger partial charge in [-0.05, 0) is 23.3 Å². The topological polar surface area (TPSA) is 12.9 Å². The molecule has 0 radical (unpaired) electrons. The van der Waals surface area contributed by atoms with Crippen molar-refractivity contribution in [3.05, 3.63) is 48.7 Å². The summed E-state index contributed by atoms with van der Waals surface area (Å²) in [5, 5.41) is 1.35. The summed E-state index contributed by atoms with van der Waals surface area (Å²) in [5.41, 5.74) is 2.60. The zero-order valence-electron chi connectivity index (χ0n) is 15.0. The molecule has 2 rings (SSSR count). The highest BCUT2D eigenvalue weighted by atomic mass is 28.3. The maximum absolute atomic E-state index is 4.73. The first-order chi connectivity index (χ1) is 11.1. The first-order valence-electron chi connectivity index (χ1n) is 9.15. The summed E-state index contributed by atoms with van der Waals surface area (Å²) in [6.45, 7) is 7.22. The molecule has 1 aromatic carbocycles.